The van der Waals surface area contributed by atoms with E-state index in [1.807, 2.05) is 0 Å². The zero-order valence-corrected chi connectivity index (χ0v) is 23.0. The minimum absolute atomic E-state index is 0.0821. The number of hydrogen-bond acceptors (Lipinski definition) is 7. The Hall–Kier alpha value is -4.93. The molecule has 7 nitrogen and oxygen atoms in total. The first-order valence-corrected chi connectivity index (χ1v) is 13.2. The number of carbonyl (C=O) groups excluding carboxylic acids is 3. The number of Topliss-reactive ketones (excluding diaryl/α,β-unsaturated/α-hetero) is 1. The van der Waals surface area contributed by atoms with Crippen LogP contribution in [-0.2, 0) is 30.0 Å². The van der Waals surface area contributed by atoms with Crippen LogP contribution < -0.4 is 10.6 Å². The lowest BCUT2D eigenvalue weighted by atomic mass is 9.67. The summed E-state index contributed by atoms with van der Waals surface area (Å²) in [4.78, 5) is 42.2. The molecule has 43 heavy (non-hydrogen) atoms. The number of anilines is 1. The molecule has 0 aromatic heterocycles. The Kier molecular flexibility index (Phi) is 7.83. The van der Waals surface area contributed by atoms with Gasteiger partial charge < -0.3 is 15.2 Å². The summed E-state index contributed by atoms with van der Waals surface area (Å²) in [5.41, 5.74) is 5.58. The van der Waals surface area contributed by atoms with Crippen LogP contribution in [0, 0.1) is 11.7 Å². The summed E-state index contributed by atoms with van der Waals surface area (Å²) in [6.07, 6.45) is -4.80. The zero-order chi connectivity index (χ0) is 31.1. The summed E-state index contributed by atoms with van der Waals surface area (Å²) in [5, 5.41) is 0. The van der Waals surface area contributed by atoms with Crippen LogP contribution in [0.1, 0.15) is 34.9 Å². The fourth-order valence-electron chi connectivity index (χ4n) is 5.88. The highest BCUT2D eigenvalue weighted by Gasteiger charge is 2.51. The molecule has 222 valence electrons. The van der Waals surface area contributed by atoms with Crippen LogP contribution in [0.25, 0.3) is 0 Å². The van der Waals surface area contributed by atoms with Crippen molar-refractivity contribution < 1.29 is 41.4 Å². The Labute approximate surface area is 244 Å². The lowest BCUT2D eigenvalue weighted by Crippen LogP contribution is -2.46. The van der Waals surface area contributed by atoms with Crippen LogP contribution in [0.4, 0.5) is 23.2 Å². The molecule has 3 aromatic carbocycles. The van der Waals surface area contributed by atoms with E-state index in [-0.39, 0.29) is 40.3 Å². The minimum atomic E-state index is -4.71. The highest BCUT2D eigenvalue weighted by molar-refractivity contribution is 6.14. The number of hydrogen-bond donors (Lipinski definition) is 1. The topological polar surface area (TPSA) is 98.9 Å². The van der Waals surface area contributed by atoms with Gasteiger partial charge in [-0.1, -0.05) is 54.6 Å². The Morgan fingerprint density at radius 1 is 0.930 bits per heavy atom. The summed E-state index contributed by atoms with van der Waals surface area (Å²) in [7, 11) is 2.19. The third-order valence-corrected chi connectivity index (χ3v) is 7.77. The minimum Gasteiger partial charge on any atom is -0.468 e. The molecule has 0 saturated carbocycles. The lowest BCUT2D eigenvalue weighted by molar-refractivity contribution is -0.150. The predicted molar refractivity (Wildman–Crippen MR) is 148 cm³/mol. The van der Waals surface area contributed by atoms with Gasteiger partial charge in [0.25, 0.3) is 0 Å². The molecule has 3 aromatic rings. The quantitative estimate of drug-likeness (QED) is 0.234. The van der Waals surface area contributed by atoms with Crippen LogP contribution in [0.3, 0.4) is 0 Å². The number of ketones is 1. The number of carbonyl (C=O) groups is 3. The summed E-state index contributed by atoms with van der Waals surface area (Å²) < 4.78 is 66.8. The summed E-state index contributed by atoms with van der Waals surface area (Å²) in [6, 6.07) is 18.3. The molecular weight excluding hydrogens is 568 g/mol. The summed E-state index contributed by atoms with van der Waals surface area (Å²) in [5.74, 6) is -7.41. The molecule has 0 spiro atoms. The van der Waals surface area contributed by atoms with E-state index in [0.29, 0.717) is 5.56 Å². The maximum Gasteiger partial charge on any atom is 0.416 e. The first-order valence-electron chi connectivity index (χ1n) is 13.2. The van der Waals surface area contributed by atoms with Gasteiger partial charge in [0.15, 0.2) is 5.78 Å². The molecule has 2 aliphatic rings. The van der Waals surface area contributed by atoms with E-state index >= 15 is 4.39 Å². The number of halogens is 4. The second-order valence-electron chi connectivity index (χ2n) is 10.1. The number of nitrogens with zero attached hydrogens (tertiary/aromatic N) is 1. The number of alkyl halides is 3. The fourth-order valence-corrected chi connectivity index (χ4v) is 5.88. The SMILES string of the molecule is COC(=O)C1=C(N)N(c2cccc(C(F)(F)F)c2)C2=C(C(=O)[C@H](C(=O)OC)[C@H](c3ccccc3)C2)[C@@H]1c1ccccc1F. The van der Waals surface area contributed by atoms with Crippen LogP contribution in [-0.4, -0.2) is 31.9 Å². The molecule has 1 aliphatic carbocycles. The number of allylic oxidation sites excluding steroid dienone is 2. The molecule has 0 bridgehead atoms. The Bertz CT molecular complexity index is 1670. The molecule has 0 radical (unpaired) electrons. The molecule has 3 atom stereocenters. The Balaban J connectivity index is 1.86. The summed E-state index contributed by atoms with van der Waals surface area (Å²) >= 11 is 0. The van der Waals surface area contributed by atoms with Gasteiger partial charge in [-0.15, -0.1) is 0 Å². The van der Waals surface area contributed by atoms with Gasteiger partial charge in [-0.25, -0.2) is 9.18 Å². The van der Waals surface area contributed by atoms with E-state index in [4.69, 9.17) is 15.2 Å². The van der Waals surface area contributed by atoms with Gasteiger partial charge in [-0.05, 0) is 36.2 Å². The molecule has 1 heterocycles. The summed E-state index contributed by atoms with van der Waals surface area (Å²) in [6.45, 7) is 0. The van der Waals surface area contributed by atoms with Crippen LogP contribution in [0.15, 0.2) is 102 Å². The molecule has 5 rings (SSSR count). The van der Waals surface area contributed by atoms with Gasteiger partial charge in [0, 0.05) is 28.4 Å². The normalized spacial score (nSPS) is 20.6. The monoisotopic (exact) mass is 594 g/mol. The highest BCUT2D eigenvalue weighted by atomic mass is 19.4. The van der Waals surface area contributed by atoms with E-state index in [1.165, 1.54) is 35.2 Å². The molecule has 0 amide bonds. The van der Waals surface area contributed by atoms with Crippen molar-refractivity contribution in [3.63, 3.8) is 0 Å². The third kappa shape index (κ3) is 5.15. The number of nitrogens with two attached hydrogens (primary N) is 1. The first kappa shape index (κ1) is 29.6. The van der Waals surface area contributed by atoms with Crippen molar-refractivity contribution in [2.24, 2.45) is 11.7 Å². The second-order valence-corrected chi connectivity index (χ2v) is 10.1. The van der Waals surface area contributed by atoms with Crippen molar-refractivity contribution in [2.75, 3.05) is 19.1 Å². The lowest BCUT2D eigenvalue weighted by Gasteiger charge is -2.44. The van der Waals surface area contributed by atoms with Gasteiger partial charge in [-0.2, -0.15) is 13.2 Å². The number of rotatable bonds is 5. The van der Waals surface area contributed by atoms with Gasteiger partial charge in [0.05, 0.1) is 31.3 Å². The van der Waals surface area contributed by atoms with E-state index in [1.54, 1.807) is 30.3 Å². The smallest absolute Gasteiger partial charge is 0.416 e. The van der Waals surface area contributed by atoms with Crippen molar-refractivity contribution in [2.45, 2.75) is 24.4 Å². The average Bonchev–Trinajstić information content (AvgIpc) is 3.00. The van der Waals surface area contributed by atoms with E-state index in [0.717, 1.165) is 32.4 Å². The molecule has 0 fully saturated rings. The van der Waals surface area contributed by atoms with Crippen molar-refractivity contribution in [1.29, 1.82) is 0 Å². The number of benzene rings is 3. The standard InChI is InChI=1S/C32H26F4N2O5/c1-42-30(40)25-21(17-9-4-3-5-10-17)16-23-26(28(25)39)24(20-13-6-7-14-22(20)33)27(31(41)43-2)29(37)38(23)19-12-8-11-18(15-19)32(34,35)36/h3-15,21,24-25H,16,37H2,1-2H3/t21-,24-,25+/m0/s1. The largest absolute Gasteiger partial charge is 0.468 e. The Morgan fingerprint density at radius 2 is 1.60 bits per heavy atom. The van der Waals surface area contributed by atoms with E-state index < -0.39 is 53.0 Å². The number of methoxy groups -OCH3 is 2. The predicted octanol–water partition coefficient (Wildman–Crippen LogP) is 5.59. The molecule has 0 unspecified atom stereocenters. The van der Waals surface area contributed by atoms with Gasteiger partial charge in [-0.3, -0.25) is 14.5 Å². The fraction of sp³-hybridized carbons (Fsp3) is 0.219. The van der Waals surface area contributed by atoms with Gasteiger partial charge >= 0.3 is 18.1 Å². The van der Waals surface area contributed by atoms with Crippen molar-refractivity contribution in [1.82, 2.24) is 0 Å². The highest BCUT2D eigenvalue weighted by Crippen LogP contribution is 2.52. The zero-order valence-electron chi connectivity index (χ0n) is 23.0. The van der Waals surface area contributed by atoms with Crippen molar-refractivity contribution >= 4 is 23.4 Å². The molecule has 11 heteroatoms. The van der Waals surface area contributed by atoms with E-state index in [9.17, 15) is 27.6 Å². The van der Waals surface area contributed by atoms with Gasteiger partial charge in [0.2, 0.25) is 0 Å². The third-order valence-electron chi connectivity index (χ3n) is 7.77. The van der Waals surface area contributed by atoms with Crippen LogP contribution in [0.5, 0.6) is 0 Å². The van der Waals surface area contributed by atoms with Gasteiger partial charge in [0.1, 0.15) is 17.6 Å². The van der Waals surface area contributed by atoms with E-state index in [2.05, 4.69) is 0 Å². The van der Waals surface area contributed by atoms with Crippen LogP contribution >= 0.6 is 0 Å². The second kappa shape index (κ2) is 11.4. The van der Waals surface area contributed by atoms with Crippen LogP contribution in [0.2, 0.25) is 0 Å². The maximum absolute atomic E-state index is 15.4. The number of esters is 2. The molecular formula is C32H26F4N2O5. The first-order chi connectivity index (χ1) is 20.5. The molecule has 1 aliphatic heterocycles. The Morgan fingerprint density at radius 3 is 2.23 bits per heavy atom. The van der Waals surface area contributed by atoms with Crippen molar-refractivity contribution in [3.8, 4) is 0 Å². The average molecular weight is 595 g/mol. The van der Waals surface area contributed by atoms with Crippen molar-refractivity contribution in [3.05, 3.63) is 124 Å². The molecule has 2 N–H and O–H groups in total. The maximum atomic E-state index is 15.4. The number of ether oxygens (including phenoxy) is 2. The molecule has 0 saturated heterocycles.